The number of rotatable bonds is 7. The topological polar surface area (TPSA) is 48.9 Å². The summed E-state index contributed by atoms with van der Waals surface area (Å²) in [4.78, 5) is 7.15. The van der Waals surface area contributed by atoms with Crippen LogP contribution in [0.15, 0.2) is 29.3 Å². The lowest BCUT2D eigenvalue weighted by molar-refractivity contribution is -0.00254. The minimum absolute atomic E-state index is 0. The van der Waals surface area contributed by atoms with Gasteiger partial charge in [0.15, 0.2) is 5.96 Å². The van der Waals surface area contributed by atoms with Gasteiger partial charge < -0.3 is 20.3 Å². The van der Waals surface area contributed by atoms with Gasteiger partial charge in [-0.2, -0.15) is 0 Å². The summed E-state index contributed by atoms with van der Waals surface area (Å²) in [6, 6.07) is 7.98. The van der Waals surface area contributed by atoms with Crippen molar-refractivity contribution in [3.05, 3.63) is 34.9 Å². The molecule has 0 aliphatic carbocycles. The first-order valence-electron chi connectivity index (χ1n) is 9.08. The van der Waals surface area contributed by atoms with Crippen LogP contribution in [0.3, 0.4) is 0 Å². The number of guanidine groups is 1. The summed E-state index contributed by atoms with van der Waals surface area (Å²) < 4.78 is 5.54. The molecule has 1 aliphatic rings. The third-order valence-electron chi connectivity index (χ3n) is 4.89. The molecule has 1 aromatic carbocycles. The van der Waals surface area contributed by atoms with Gasteiger partial charge in [-0.1, -0.05) is 29.8 Å². The fourth-order valence-electron chi connectivity index (χ4n) is 3.08. The number of ether oxygens (including phenoxy) is 1. The average Bonchev–Trinajstić information content (AvgIpc) is 2.62. The molecule has 0 atom stereocenters. The Kier molecular flexibility index (Phi) is 10.8. The summed E-state index contributed by atoms with van der Waals surface area (Å²) in [5.41, 5.74) is 1.24. The molecule has 2 N–H and O–H groups in total. The van der Waals surface area contributed by atoms with Crippen LogP contribution >= 0.6 is 35.6 Å². The molecule has 1 aromatic rings. The fourth-order valence-corrected chi connectivity index (χ4v) is 3.31. The van der Waals surface area contributed by atoms with Crippen LogP contribution in [-0.4, -0.2) is 63.3 Å². The molecule has 1 aliphatic heterocycles. The van der Waals surface area contributed by atoms with Crippen LogP contribution in [-0.2, 0) is 11.2 Å². The van der Waals surface area contributed by atoms with E-state index in [1.54, 1.807) is 0 Å². The van der Waals surface area contributed by atoms with Gasteiger partial charge in [0, 0.05) is 36.9 Å². The molecular weight excluding hydrogens is 463 g/mol. The van der Waals surface area contributed by atoms with E-state index < -0.39 is 0 Å². The van der Waals surface area contributed by atoms with Gasteiger partial charge >= 0.3 is 0 Å². The van der Waals surface area contributed by atoms with Crippen molar-refractivity contribution in [2.75, 3.05) is 46.9 Å². The highest BCUT2D eigenvalue weighted by Gasteiger charge is 2.34. The molecule has 5 nitrogen and oxygen atoms in total. The number of benzene rings is 1. The van der Waals surface area contributed by atoms with E-state index in [9.17, 15) is 0 Å². The SMILES string of the molecule is CCNC(=NCC1(N(C)C)CCOCC1)NCCc1ccccc1Cl.I. The lowest BCUT2D eigenvalue weighted by Gasteiger charge is -2.41. The van der Waals surface area contributed by atoms with E-state index in [0.717, 1.165) is 68.7 Å². The zero-order chi connectivity index (χ0) is 18.1. The van der Waals surface area contributed by atoms with Crippen molar-refractivity contribution >= 4 is 41.5 Å². The van der Waals surface area contributed by atoms with Crippen molar-refractivity contribution in [2.45, 2.75) is 31.7 Å². The number of nitrogens with zero attached hydrogens (tertiary/aromatic N) is 2. The second-order valence-electron chi connectivity index (χ2n) is 6.69. The molecule has 1 heterocycles. The highest BCUT2D eigenvalue weighted by atomic mass is 127. The quantitative estimate of drug-likeness (QED) is 0.347. The van der Waals surface area contributed by atoms with Crippen LogP contribution in [0.1, 0.15) is 25.3 Å². The van der Waals surface area contributed by atoms with Gasteiger partial charge in [0.2, 0.25) is 0 Å². The minimum atomic E-state index is 0. The molecule has 0 amide bonds. The van der Waals surface area contributed by atoms with Gasteiger partial charge in [0.25, 0.3) is 0 Å². The first kappa shape index (κ1) is 23.5. The van der Waals surface area contributed by atoms with Gasteiger partial charge in [-0.25, -0.2) is 0 Å². The fraction of sp³-hybridized carbons (Fsp3) is 0.632. The summed E-state index contributed by atoms with van der Waals surface area (Å²) in [6.07, 6.45) is 2.90. The Labute approximate surface area is 179 Å². The number of nitrogens with one attached hydrogen (secondary N) is 2. The van der Waals surface area contributed by atoms with E-state index in [1.165, 1.54) is 0 Å². The lowest BCUT2D eigenvalue weighted by atomic mass is 9.89. The smallest absolute Gasteiger partial charge is 0.191 e. The van der Waals surface area contributed by atoms with E-state index in [4.69, 9.17) is 21.3 Å². The Morgan fingerprint density at radius 1 is 1.23 bits per heavy atom. The molecule has 0 aromatic heterocycles. The van der Waals surface area contributed by atoms with Gasteiger partial charge in [-0.3, -0.25) is 4.99 Å². The van der Waals surface area contributed by atoms with Crippen LogP contribution in [0.4, 0.5) is 0 Å². The number of hydrogen-bond acceptors (Lipinski definition) is 3. The summed E-state index contributed by atoms with van der Waals surface area (Å²) in [5, 5.41) is 7.58. The molecule has 0 radical (unpaired) electrons. The summed E-state index contributed by atoms with van der Waals surface area (Å²) >= 11 is 6.23. The maximum absolute atomic E-state index is 6.23. The van der Waals surface area contributed by atoms with Crippen LogP contribution in [0, 0.1) is 0 Å². The maximum atomic E-state index is 6.23. The summed E-state index contributed by atoms with van der Waals surface area (Å²) in [7, 11) is 4.27. The van der Waals surface area contributed by atoms with Crippen molar-refractivity contribution < 1.29 is 4.74 Å². The molecular formula is C19H32ClIN4O. The largest absolute Gasteiger partial charge is 0.381 e. The maximum Gasteiger partial charge on any atom is 0.191 e. The van der Waals surface area contributed by atoms with Crippen LogP contribution < -0.4 is 10.6 Å². The van der Waals surface area contributed by atoms with E-state index in [2.05, 4.69) is 42.6 Å². The van der Waals surface area contributed by atoms with Gasteiger partial charge in [0.05, 0.1) is 6.54 Å². The predicted octanol–water partition coefficient (Wildman–Crippen LogP) is 3.17. The van der Waals surface area contributed by atoms with Crippen molar-refractivity contribution in [3.8, 4) is 0 Å². The first-order chi connectivity index (χ1) is 12.1. The Balaban J connectivity index is 0.00000338. The van der Waals surface area contributed by atoms with E-state index in [0.29, 0.717) is 0 Å². The molecule has 2 rings (SSSR count). The monoisotopic (exact) mass is 494 g/mol. The normalized spacial score (nSPS) is 16.9. The Bertz CT molecular complexity index is 562. The lowest BCUT2D eigenvalue weighted by Crippen LogP contribution is -2.51. The molecule has 0 spiro atoms. The summed E-state index contributed by atoms with van der Waals surface area (Å²) in [6.45, 7) is 6.12. The molecule has 0 bridgehead atoms. The van der Waals surface area contributed by atoms with Gasteiger partial charge in [-0.15, -0.1) is 24.0 Å². The van der Waals surface area contributed by atoms with E-state index in [-0.39, 0.29) is 29.5 Å². The zero-order valence-corrected chi connectivity index (χ0v) is 19.1. The molecule has 1 saturated heterocycles. The van der Waals surface area contributed by atoms with Crippen molar-refractivity contribution in [1.29, 1.82) is 0 Å². The minimum Gasteiger partial charge on any atom is -0.381 e. The number of hydrogen-bond donors (Lipinski definition) is 2. The first-order valence-corrected chi connectivity index (χ1v) is 9.46. The third kappa shape index (κ3) is 6.87. The van der Waals surface area contributed by atoms with Crippen LogP contribution in [0.5, 0.6) is 0 Å². The summed E-state index contributed by atoms with van der Waals surface area (Å²) in [5.74, 6) is 0.863. The zero-order valence-electron chi connectivity index (χ0n) is 16.1. The van der Waals surface area contributed by atoms with Gasteiger partial charge in [0.1, 0.15) is 0 Å². The predicted molar refractivity (Wildman–Crippen MR) is 121 cm³/mol. The number of likely N-dealkylation sites (N-methyl/N-ethyl adjacent to an activating group) is 1. The standard InChI is InChI=1S/C19H31ClN4O.HI/c1-4-21-18(22-12-9-16-7-5-6-8-17(16)20)23-15-19(24(2)3)10-13-25-14-11-19;/h5-8H,4,9-15H2,1-3H3,(H2,21,22,23);1H. The van der Waals surface area contributed by atoms with Crippen molar-refractivity contribution in [2.24, 2.45) is 4.99 Å². The van der Waals surface area contributed by atoms with E-state index in [1.807, 2.05) is 18.2 Å². The second kappa shape index (κ2) is 12.0. The Morgan fingerprint density at radius 2 is 1.92 bits per heavy atom. The van der Waals surface area contributed by atoms with Gasteiger partial charge in [-0.05, 0) is 51.9 Å². The molecule has 148 valence electrons. The second-order valence-corrected chi connectivity index (χ2v) is 7.10. The number of halogens is 2. The molecule has 0 saturated carbocycles. The third-order valence-corrected chi connectivity index (χ3v) is 5.26. The van der Waals surface area contributed by atoms with Crippen molar-refractivity contribution in [3.63, 3.8) is 0 Å². The Hall–Kier alpha value is -0.570. The highest BCUT2D eigenvalue weighted by molar-refractivity contribution is 14.0. The van der Waals surface area contributed by atoms with E-state index >= 15 is 0 Å². The van der Waals surface area contributed by atoms with Crippen LogP contribution in [0.25, 0.3) is 0 Å². The van der Waals surface area contributed by atoms with Crippen LogP contribution in [0.2, 0.25) is 5.02 Å². The number of aliphatic imine (C=N–C) groups is 1. The molecule has 0 unspecified atom stereocenters. The molecule has 26 heavy (non-hydrogen) atoms. The Morgan fingerprint density at radius 3 is 2.54 bits per heavy atom. The van der Waals surface area contributed by atoms with Crippen molar-refractivity contribution in [1.82, 2.24) is 15.5 Å². The molecule has 1 fully saturated rings. The average molecular weight is 495 g/mol. The highest BCUT2D eigenvalue weighted by Crippen LogP contribution is 2.26. The molecule has 7 heteroatoms.